The third-order valence-electron chi connectivity index (χ3n) is 4.18. The minimum atomic E-state index is 0.604. The molecule has 0 unspecified atom stereocenters. The van der Waals surface area contributed by atoms with Crippen molar-refractivity contribution in [2.24, 2.45) is 0 Å². The van der Waals surface area contributed by atoms with Crippen molar-refractivity contribution in [2.45, 2.75) is 0 Å². The highest BCUT2D eigenvalue weighted by atomic mass is 32.1. The van der Waals surface area contributed by atoms with Crippen LogP contribution >= 0.6 is 11.3 Å². The van der Waals surface area contributed by atoms with Gasteiger partial charge in [-0.2, -0.15) is 5.10 Å². The van der Waals surface area contributed by atoms with Crippen LogP contribution in [0.25, 0.3) is 38.9 Å². The molecule has 2 aromatic carbocycles. The highest BCUT2D eigenvalue weighted by Gasteiger charge is 2.15. The van der Waals surface area contributed by atoms with Gasteiger partial charge in [-0.05, 0) is 11.4 Å². The summed E-state index contributed by atoms with van der Waals surface area (Å²) in [6.07, 6.45) is 1.94. The molecule has 0 saturated heterocycles. The van der Waals surface area contributed by atoms with Gasteiger partial charge in [-0.3, -0.25) is 0 Å². The zero-order valence-electron chi connectivity index (χ0n) is 13.8. The summed E-state index contributed by atoms with van der Waals surface area (Å²) in [5, 5.41) is 6.90. The number of hydrogen-bond acceptors (Lipinski definition) is 4. The predicted octanol–water partition coefficient (Wildman–Crippen LogP) is 5.19. The summed E-state index contributed by atoms with van der Waals surface area (Å²) in [6, 6.07) is 24.4. The van der Waals surface area contributed by atoms with Crippen molar-refractivity contribution in [1.29, 1.82) is 0 Å². The Morgan fingerprint density at radius 1 is 0.692 bits per heavy atom. The van der Waals surface area contributed by atoms with Gasteiger partial charge in [0.1, 0.15) is 17.1 Å². The van der Waals surface area contributed by atoms with Gasteiger partial charge in [-0.15, -0.1) is 11.3 Å². The number of imidazole rings is 1. The molecule has 0 aliphatic heterocycles. The van der Waals surface area contributed by atoms with Crippen LogP contribution in [0.1, 0.15) is 0 Å². The molecule has 5 heteroatoms. The van der Waals surface area contributed by atoms with Gasteiger partial charge in [0.25, 0.3) is 5.78 Å². The minimum absolute atomic E-state index is 0.604. The quantitative estimate of drug-likeness (QED) is 0.448. The number of benzene rings is 2. The summed E-state index contributed by atoms with van der Waals surface area (Å²) in [6.45, 7) is 0. The summed E-state index contributed by atoms with van der Waals surface area (Å²) < 4.78 is 1.77. The van der Waals surface area contributed by atoms with Crippen LogP contribution in [-0.4, -0.2) is 19.6 Å². The van der Waals surface area contributed by atoms with Crippen LogP contribution in [0.4, 0.5) is 0 Å². The predicted molar refractivity (Wildman–Crippen MR) is 105 cm³/mol. The van der Waals surface area contributed by atoms with Gasteiger partial charge in [0, 0.05) is 11.1 Å². The lowest BCUT2D eigenvalue weighted by molar-refractivity contribution is 0.912. The second-order valence-corrected chi connectivity index (χ2v) is 6.84. The molecule has 0 amide bonds. The Morgan fingerprint density at radius 3 is 2.04 bits per heavy atom. The first-order valence-corrected chi connectivity index (χ1v) is 9.18. The zero-order chi connectivity index (χ0) is 17.3. The van der Waals surface area contributed by atoms with Crippen molar-refractivity contribution >= 4 is 17.1 Å². The van der Waals surface area contributed by atoms with Crippen molar-refractivity contribution < 1.29 is 0 Å². The first-order valence-electron chi connectivity index (χ1n) is 8.31. The topological polar surface area (TPSA) is 43.1 Å². The molecule has 124 valence electrons. The summed E-state index contributed by atoms with van der Waals surface area (Å²) in [4.78, 5) is 10.6. The molecule has 0 saturated carbocycles. The van der Waals surface area contributed by atoms with Crippen LogP contribution in [0.2, 0.25) is 0 Å². The lowest BCUT2D eigenvalue weighted by Crippen LogP contribution is -2.00. The molecule has 0 spiro atoms. The van der Waals surface area contributed by atoms with E-state index in [-0.39, 0.29) is 0 Å². The molecule has 5 rings (SSSR count). The molecule has 26 heavy (non-hydrogen) atoms. The van der Waals surface area contributed by atoms with Gasteiger partial charge in [0.05, 0.1) is 11.1 Å². The Labute approximate surface area is 154 Å². The van der Waals surface area contributed by atoms with Crippen LogP contribution in [-0.2, 0) is 0 Å². The van der Waals surface area contributed by atoms with E-state index in [1.54, 1.807) is 15.9 Å². The first-order chi connectivity index (χ1) is 12.9. The molecular weight excluding hydrogens is 340 g/mol. The van der Waals surface area contributed by atoms with Gasteiger partial charge in [-0.25, -0.2) is 14.5 Å². The Hall–Kier alpha value is -3.31. The highest BCUT2D eigenvalue weighted by Crippen LogP contribution is 2.30. The number of thiophene rings is 1. The van der Waals surface area contributed by atoms with Crippen molar-refractivity contribution in [3.63, 3.8) is 0 Å². The van der Waals surface area contributed by atoms with E-state index in [4.69, 9.17) is 10.1 Å². The van der Waals surface area contributed by atoms with E-state index in [2.05, 4.69) is 35.3 Å². The van der Waals surface area contributed by atoms with Crippen LogP contribution < -0.4 is 0 Å². The average Bonchev–Trinajstić information content (AvgIpc) is 3.37. The van der Waals surface area contributed by atoms with Crippen molar-refractivity contribution in [3.8, 4) is 33.1 Å². The zero-order valence-corrected chi connectivity index (χ0v) is 14.6. The molecule has 0 atom stereocenters. The van der Waals surface area contributed by atoms with Crippen molar-refractivity contribution in [3.05, 3.63) is 84.4 Å². The maximum absolute atomic E-state index is 4.85. The summed E-state index contributed by atoms with van der Waals surface area (Å²) in [7, 11) is 0. The third kappa shape index (κ3) is 2.59. The van der Waals surface area contributed by atoms with Gasteiger partial charge in [0.2, 0.25) is 0 Å². The number of fused-ring (bicyclic) bond motifs is 1. The third-order valence-corrected chi connectivity index (χ3v) is 5.07. The molecule has 0 fully saturated rings. The minimum Gasteiger partial charge on any atom is -0.209 e. The molecule has 0 radical (unpaired) electrons. The molecule has 5 aromatic rings. The van der Waals surface area contributed by atoms with Gasteiger partial charge in [0.15, 0.2) is 0 Å². The Bertz CT molecular complexity index is 1090. The number of rotatable bonds is 3. The van der Waals surface area contributed by atoms with Gasteiger partial charge in [-0.1, -0.05) is 66.7 Å². The standard InChI is InChI=1S/C21H14N4S/c1-3-8-15(9-4-1)19-20(16-10-5-2-6-11-16)24-25-14-17(22-21(25)23-19)18-12-7-13-26-18/h1-14H. The number of aromatic nitrogens is 4. The van der Waals surface area contributed by atoms with Gasteiger partial charge < -0.3 is 0 Å². The lowest BCUT2D eigenvalue weighted by Gasteiger charge is -2.08. The monoisotopic (exact) mass is 354 g/mol. The molecular formula is C21H14N4S. The smallest absolute Gasteiger partial charge is 0.209 e. The Balaban J connectivity index is 1.77. The lowest BCUT2D eigenvalue weighted by atomic mass is 10.0. The Kier molecular flexibility index (Phi) is 3.57. The van der Waals surface area contributed by atoms with Crippen LogP contribution in [0.5, 0.6) is 0 Å². The molecule has 3 aromatic heterocycles. The summed E-state index contributed by atoms with van der Waals surface area (Å²) >= 11 is 1.66. The molecule has 4 nitrogen and oxygen atoms in total. The first kappa shape index (κ1) is 15.0. The highest BCUT2D eigenvalue weighted by molar-refractivity contribution is 7.13. The number of hydrogen-bond donors (Lipinski definition) is 0. The van der Waals surface area contributed by atoms with Crippen molar-refractivity contribution in [2.75, 3.05) is 0 Å². The molecule has 0 aliphatic carbocycles. The van der Waals surface area contributed by atoms with Crippen LogP contribution in [0, 0.1) is 0 Å². The summed E-state index contributed by atoms with van der Waals surface area (Å²) in [5.74, 6) is 0.604. The molecule has 0 aliphatic rings. The SMILES string of the molecule is c1ccc(-c2nc3nc(-c4cccs4)cn3nc2-c2ccccc2)cc1. The van der Waals surface area contributed by atoms with E-state index < -0.39 is 0 Å². The second-order valence-electron chi connectivity index (χ2n) is 5.89. The maximum Gasteiger partial charge on any atom is 0.251 e. The van der Waals surface area contributed by atoms with E-state index in [1.807, 2.05) is 54.0 Å². The normalized spacial score (nSPS) is 11.1. The van der Waals surface area contributed by atoms with Crippen LogP contribution in [0.3, 0.4) is 0 Å². The maximum atomic E-state index is 4.85. The summed E-state index contributed by atoms with van der Waals surface area (Å²) in [5.41, 5.74) is 4.64. The van der Waals surface area contributed by atoms with E-state index in [9.17, 15) is 0 Å². The second kappa shape index (κ2) is 6.20. The Morgan fingerprint density at radius 2 is 1.38 bits per heavy atom. The largest absolute Gasteiger partial charge is 0.251 e. The fourth-order valence-electron chi connectivity index (χ4n) is 2.95. The molecule has 0 N–H and O–H groups in total. The van der Waals surface area contributed by atoms with E-state index in [0.717, 1.165) is 33.1 Å². The van der Waals surface area contributed by atoms with Crippen LogP contribution in [0.15, 0.2) is 84.4 Å². The van der Waals surface area contributed by atoms with E-state index in [1.165, 1.54) is 0 Å². The van der Waals surface area contributed by atoms with Gasteiger partial charge >= 0.3 is 0 Å². The fraction of sp³-hybridized carbons (Fsp3) is 0. The number of nitrogens with zero attached hydrogens (tertiary/aromatic N) is 4. The molecule has 0 bridgehead atoms. The fourth-order valence-corrected chi connectivity index (χ4v) is 3.63. The van der Waals surface area contributed by atoms with Crippen molar-refractivity contribution in [1.82, 2.24) is 19.6 Å². The molecule has 3 heterocycles. The van der Waals surface area contributed by atoms with E-state index >= 15 is 0 Å². The van der Waals surface area contributed by atoms with E-state index in [0.29, 0.717) is 5.78 Å². The average molecular weight is 354 g/mol.